The van der Waals surface area contributed by atoms with Gasteiger partial charge < -0.3 is 19.3 Å². The molecule has 22 heavy (non-hydrogen) atoms. The van der Waals surface area contributed by atoms with Crippen molar-refractivity contribution in [3.05, 3.63) is 71.9 Å². The molecule has 1 aliphatic rings. The highest BCUT2D eigenvalue weighted by molar-refractivity contribution is 5.85. The van der Waals surface area contributed by atoms with Gasteiger partial charge in [0.2, 0.25) is 0 Å². The summed E-state index contributed by atoms with van der Waals surface area (Å²) in [5, 5.41) is 9.05. The number of carboxylic acids is 1. The van der Waals surface area contributed by atoms with E-state index in [4.69, 9.17) is 19.3 Å². The van der Waals surface area contributed by atoms with Crippen LogP contribution in [-0.2, 0) is 16.1 Å². The molecule has 2 heterocycles. The summed E-state index contributed by atoms with van der Waals surface area (Å²) in [5.74, 6) is -0.704. The minimum Gasteiger partial charge on any atom is -0.487 e. The monoisotopic (exact) mass is 299 g/mol. The summed E-state index contributed by atoms with van der Waals surface area (Å²) in [4.78, 5) is 15.1. The molecule has 0 fully saturated rings. The Bertz CT molecular complexity index is 691. The molecule has 0 spiro atoms. The van der Waals surface area contributed by atoms with Crippen LogP contribution in [0.25, 0.3) is 0 Å². The van der Waals surface area contributed by atoms with Gasteiger partial charge in [0.1, 0.15) is 30.6 Å². The lowest BCUT2D eigenvalue weighted by Gasteiger charge is -2.15. The lowest BCUT2D eigenvalue weighted by molar-refractivity contribution is -0.0301. The molecule has 0 saturated carbocycles. The number of ether oxygens (including phenoxy) is 3. The molecule has 0 radical (unpaired) electrons. The number of aromatic carboxylic acids is 1. The molecule has 1 aromatic carbocycles. The Labute approximate surface area is 126 Å². The van der Waals surface area contributed by atoms with Crippen LogP contribution in [-0.4, -0.2) is 16.1 Å². The van der Waals surface area contributed by atoms with Crippen LogP contribution in [0.5, 0.6) is 5.75 Å². The lowest BCUT2D eigenvalue weighted by Crippen LogP contribution is -2.10. The van der Waals surface area contributed by atoms with Crippen molar-refractivity contribution in [2.75, 3.05) is 0 Å². The zero-order valence-corrected chi connectivity index (χ0v) is 11.5. The standard InChI is InChI=1S/C16H13NO5/c18-15(19)12-6-7-13(14(17-12)16-20-8-9-21-16)22-10-11-4-2-1-3-5-11/h1-9,16H,10H2,(H,18,19). The van der Waals surface area contributed by atoms with E-state index in [2.05, 4.69) is 4.98 Å². The van der Waals surface area contributed by atoms with E-state index in [1.165, 1.54) is 18.6 Å². The number of hydrogen-bond donors (Lipinski definition) is 1. The van der Waals surface area contributed by atoms with Crippen molar-refractivity contribution >= 4 is 5.97 Å². The van der Waals surface area contributed by atoms with Gasteiger partial charge in [-0.3, -0.25) is 0 Å². The molecule has 0 bridgehead atoms. The first-order valence-electron chi connectivity index (χ1n) is 6.61. The van der Waals surface area contributed by atoms with Crippen LogP contribution in [0, 0.1) is 0 Å². The van der Waals surface area contributed by atoms with Gasteiger partial charge in [0.25, 0.3) is 6.29 Å². The number of hydrogen-bond acceptors (Lipinski definition) is 5. The van der Waals surface area contributed by atoms with E-state index in [-0.39, 0.29) is 5.69 Å². The van der Waals surface area contributed by atoms with Gasteiger partial charge >= 0.3 is 5.97 Å². The predicted molar refractivity (Wildman–Crippen MR) is 76.0 cm³/mol. The second-order valence-electron chi connectivity index (χ2n) is 4.54. The smallest absolute Gasteiger partial charge is 0.354 e. The normalized spacial score (nSPS) is 13.5. The second-order valence-corrected chi connectivity index (χ2v) is 4.54. The Morgan fingerprint density at radius 2 is 1.86 bits per heavy atom. The van der Waals surface area contributed by atoms with Crippen LogP contribution in [0.1, 0.15) is 28.0 Å². The van der Waals surface area contributed by atoms with Crippen LogP contribution in [0.2, 0.25) is 0 Å². The average molecular weight is 299 g/mol. The van der Waals surface area contributed by atoms with Gasteiger partial charge in [-0.05, 0) is 17.7 Å². The maximum absolute atomic E-state index is 11.1. The highest BCUT2D eigenvalue weighted by atomic mass is 16.7. The molecular weight excluding hydrogens is 286 g/mol. The van der Waals surface area contributed by atoms with Crippen molar-refractivity contribution in [3.63, 3.8) is 0 Å². The molecule has 6 nitrogen and oxygen atoms in total. The summed E-state index contributed by atoms with van der Waals surface area (Å²) >= 11 is 0. The van der Waals surface area contributed by atoms with Gasteiger partial charge in [-0.1, -0.05) is 30.3 Å². The molecule has 6 heteroatoms. The summed E-state index contributed by atoms with van der Waals surface area (Å²) in [6, 6.07) is 12.6. The quantitative estimate of drug-likeness (QED) is 0.914. The Morgan fingerprint density at radius 3 is 2.55 bits per heavy atom. The Kier molecular flexibility index (Phi) is 3.91. The molecule has 1 N–H and O–H groups in total. The van der Waals surface area contributed by atoms with Crippen LogP contribution in [0.3, 0.4) is 0 Å². The van der Waals surface area contributed by atoms with E-state index in [1.54, 1.807) is 6.07 Å². The van der Waals surface area contributed by atoms with Crippen LogP contribution < -0.4 is 4.74 Å². The SMILES string of the molecule is O=C(O)c1ccc(OCc2ccccc2)c(C2OC=CO2)n1. The molecule has 0 atom stereocenters. The fourth-order valence-electron chi connectivity index (χ4n) is 1.98. The summed E-state index contributed by atoms with van der Waals surface area (Å²) in [6.45, 7) is 0.335. The van der Waals surface area contributed by atoms with Crippen molar-refractivity contribution in [2.24, 2.45) is 0 Å². The first kappa shape index (κ1) is 13.9. The van der Waals surface area contributed by atoms with Gasteiger partial charge in [-0.2, -0.15) is 0 Å². The number of nitrogens with zero attached hydrogens (tertiary/aromatic N) is 1. The third-order valence-corrected chi connectivity index (χ3v) is 3.03. The Hall–Kier alpha value is -3.02. The summed E-state index contributed by atoms with van der Waals surface area (Å²) in [6.07, 6.45) is 1.95. The first-order chi connectivity index (χ1) is 10.7. The van der Waals surface area contributed by atoms with Crippen LogP contribution in [0.15, 0.2) is 55.0 Å². The minimum absolute atomic E-state index is 0.0961. The number of rotatable bonds is 5. The molecule has 0 amide bonds. The van der Waals surface area contributed by atoms with Gasteiger partial charge in [-0.15, -0.1) is 0 Å². The second kappa shape index (κ2) is 6.17. The number of carboxylic acid groups (broad SMARTS) is 1. The third-order valence-electron chi connectivity index (χ3n) is 3.03. The zero-order valence-electron chi connectivity index (χ0n) is 11.5. The molecule has 2 aromatic rings. The van der Waals surface area contributed by atoms with Gasteiger partial charge in [-0.25, -0.2) is 9.78 Å². The fourth-order valence-corrected chi connectivity index (χ4v) is 1.98. The van der Waals surface area contributed by atoms with Gasteiger partial charge in [0.05, 0.1) is 0 Å². The van der Waals surface area contributed by atoms with E-state index in [0.717, 1.165) is 5.56 Å². The minimum atomic E-state index is -1.12. The highest BCUT2D eigenvalue weighted by Crippen LogP contribution is 2.30. The van der Waals surface area contributed by atoms with Crippen molar-refractivity contribution in [3.8, 4) is 5.75 Å². The van der Waals surface area contributed by atoms with E-state index >= 15 is 0 Å². The maximum Gasteiger partial charge on any atom is 0.354 e. The van der Waals surface area contributed by atoms with Crippen molar-refractivity contribution in [2.45, 2.75) is 12.9 Å². The lowest BCUT2D eigenvalue weighted by atomic mass is 10.2. The molecule has 0 saturated heterocycles. The largest absolute Gasteiger partial charge is 0.487 e. The number of benzene rings is 1. The van der Waals surface area contributed by atoms with E-state index in [1.807, 2.05) is 30.3 Å². The molecule has 1 aliphatic heterocycles. The zero-order chi connectivity index (χ0) is 15.4. The van der Waals surface area contributed by atoms with Crippen LogP contribution in [0.4, 0.5) is 0 Å². The van der Waals surface area contributed by atoms with Crippen LogP contribution >= 0.6 is 0 Å². The molecular formula is C16H13NO5. The highest BCUT2D eigenvalue weighted by Gasteiger charge is 2.24. The third kappa shape index (κ3) is 3.01. The maximum atomic E-state index is 11.1. The summed E-state index contributed by atoms with van der Waals surface area (Å²) in [7, 11) is 0. The number of pyridine rings is 1. The van der Waals surface area contributed by atoms with E-state index < -0.39 is 12.3 Å². The molecule has 0 unspecified atom stereocenters. The molecule has 1 aromatic heterocycles. The number of carbonyl (C=O) groups is 1. The fraction of sp³-hybridized carbons (Fsp3) is 0.125. The molecule has 3 rings (SSSR count). The van der Waals surface area contributed by atoms with Crippen molar-refractivity contribution < 1.29 is 24.1 Å². The Morgan fingerprint density at radius 1 is 1.14 bits per heavy atom. The summed E-state index contributed by atoms with van der Waals surface area (Å²) in [5.41, 5.74) is 1.18. The van der Waals surface area contributed by atoms with Crippen molar-refractivity contribution in [1.82, 2.24) is 4.98 Å². The van der Waals surface area contributed by atoms with Gasteiger partial charge in [0, 0.05) is 0 Å². The Balaban J connectivity index is 1.84. The van der Waals surface area contributed by atoms with E-state index in [9.17, 15) is 4.79 Å². The average Bonchev–Trinajstić information content (AvgIpc) is 3.08. The molecule has 112 valence electrons. The molecule has 0 aliphatic carbocycles. The van der Waals surface area contributed by atoms with E-state index in [0.29, 0.717) is 18.1 Å². The predicted octanol–water partition coefficient (Wildman–Crippen LogP) is 2.88. The number of aromatic nitrogens is 1. The first-order valence-corrected chi connectivity index (χ1v) is 6.61. The van der Waals surface area contributed by atoms with Gasteiger partial charge in [0.15, 0.2) is 5.69 Å². The topological polar surface area (TPSA) is 77.9 Å². The van der Waals surface area contributed by atoms with Crippen molar-refractivity contribution in [1.29, 1.82) is 0 Å². The summed E-state index contributed by atoms with van der Waals surface area (Å²) < 4.78 is 16.2.